The first kappa shape index (κ1) is 19.8. The minimum Gasteiger partial charge on any atom is -0.149 e. The van der Waals surface area contributed by atoms with Gasteiger partial charge in [-0.05, 0) is 17.9 Å². The molecule has 0 N–H and O–H groups in total. The highest BCUT2D eigenvalue weighted by molar-refractivity contribution is 9.09. The van der Waals surface area contributed by atoms with Crippen LogP contribution in [0.1, 0.15) is 82.4 Å². The molecule has 0 spiro atoms. The molecule has 0 aromatic carbocycles. The molecule has 0 aliphatic rings. The van der Waals surface area contributed by atoms with Crippen molar-refractivity contribution in [2.75, 3.05) is 0 Å². The van der Waals surface area contributed by atoms with E-state index in [9.17, 15) is 0 Å². The number of alkyl halides is 1. The molecule has 1 heterocycles. The van der Waals surface area contributed by atoms with Gasteiger partial charge in [0.25, 0.3) is 0 Å². The van der Waals surface area contributed by atoms with Crippen LogP contribution < -0.4 is 0 Å². The Labute approximate surface area is 150 Å². The van der Waals surface area contributed by atoms with Crippen LogP contribution in [0.3, 0.4) is 0 Å². The Kier molecular flexibility index (Phi) is 12.9. The highest BCUT2D eigenvalue weighted by Gasteiger charge is 2.01. The fraction of sp³-hybridized carbons (Fsp3) is 0.700. The van der Waals surface area contributed by atoms with Crippen molar-refractivity contribution in [3.8, 4) is 11.8 Å². The van der Waals surface area contributed by atoms with Crippen LogP contribution in [0.2, 0.25) is 0 Å². The summed E-state index contributed by atoms with van der Waals surface area (Å²) in [7, 11) is 0. The summed E-state index contributed by atoms with van der Waals surface area (Å²) in [5.74, 6) is 6.66. The van der Waals surface area contributed by atoms with Crippen molar-refractivity contribution < 1.29 is 0 Å². The number of unbranched alkanes of at least 4 members (excludes halogenated alkanes) is 10. The van der Waals surface area contributed by atoms with Gasteiger partial charge in [0.2, 0.25) is 0 Å². The van der Waals surface area contributed by atoms with E-state index < -0.39 is 0 Å². The second-order valence-electron chi connectivity index (χ2n) is 6.00. The molecule has 1 rings (SSSR count). The summed E-state index contributed by atoms with van der Waals surface area (Å²) in [4.78, 5) is 1.73. The van der Waals surface area contributed by atoms with Crippen LogP contribution in [0.5, 0.6) is 0 Å². The van der Waals surface area contributed by atoms with E-state index in [1.165, 1.54) is 69.1 Å². The second-order valence-corrected chi connectivity index (χ2v) is 8.14. The number of hydrogen-bond acceptors (Lipinski definition) is 1. The highest BCUT2D eigenvalue weighted by Crippen LogP contribution is 2.15. The smallest absolute Gasteiger partial charge is 0.0802 e. The van der Waals surface area contributed by atoms with Gasteiger partial charge in [0.1, 0.15) is 0 Å². The molecule has 124 valence electrons. The molecule has 0 aliphatic heterocycles. The predicted molar refractivity (Wildman–Crippen MR) is 105 cm³/mol. The first-order valence-electron chi connectivity index (χ1n) is 8.97. The largest absolute Gasteiger partial charge is 0.149 e. The summed E-state index contributed by atoms with van der Waals surface area (Å²) in [5, 5.41) is 2.13. The normalized spacial score (nSPS) is 11.9. The molecule has 0 aliphatic carbocycles. The van der Waals surface area contributed by atoms with E-state index in [-0.39, 0.29) is 0 Å². The van der Waals surface area contributed by atoms with Gasteiger partial charge >= 0.3 is 0 Å². The molecule has 1 unspecified atom stereocenters. The molecule has 0 saturated carbocycles. The molecule has 0 radical (unpaired) electrons. The lowest BCUT2D eigenvalue weighted by Crippen LogP contribution is -1.96. The maximum atomic E-state index is 3.66. The van der Waals surface area contributed by atoms with E-state index in [0.29, 0.717) is 4.83 Å². The predicted octanol–water partition coefficient (Wildman–Crippen LogP) is 7.37. The lowest BCUT2D eigenvalue weighted by molar-refractivity contribution is 0.558. The average molecular weight is 383 g/mol. The third kappa shape index (κ3) is 11.3. The number of halogens is 1. The Hall–Kier alpha value is -0.260. The fourth-order valence-electron chi connectivity index (χ4n) is 2.54. The lowest BCUT2D eigenvalue weighted by atomic mass is 10.1. The van der Waals surface area contributed by atoms with Crippen LogP contribution in [0.25, 0.3) is 0 Å². The number of rotatable bonds is 12. The summed E-state index contributed by atoms with van der Waals surface area (Å²) in [6.07, 6.45) is 16.0. The summed E-state index contributed by atoms with van der Waals surface area (Å²) < 4.78 is 0. The zero-order chi connectivity index (χ0) is 15.9. The summed E-state index contributed by atoms with van der Waals surface area (Å²) in [5.41, 5.74) is 0. The van der Waals surface area contributed by atoms with Crippen molar-refractivity contribution in [3.63, 3.8) is 0 Å². The average Bonchev–Trinajstić information content (AvgIpc) is 3.01. The van der Waals surface area contributed by atoms with Gasteiger partial charge in [-0.25, -0.2) is 0 Å². The zero-order valence-electron chi connectivity index (χ0n) is 14.1. The topological polar surface area (TPSA) is 0 Å². The first-order valence-corrected chi connectivity index (χ1v) is 10.8. The van der Waals surface area contributed by atoms with Gasteiger partial charge in [0.15, 0.2) is 0 Å². The standard InChI is InChI=1S/C20H31BrS/c1-2-3-4-5-6-7-8-9-10-11-12-13-15-19(21)18-20-16-14-17-22-20/h14,16-17,19H,2-12,18H2,1H3. The molecule has 1 aromatic heterocycles. The lowest BCUT2D eigenvalue weighted by Gasteiger charge is -2.01. The molecule has 1 aromatic rings. The Morgan fingerprint density at radius 1 is 1.00 bits per heavy atom. The molecule has 22 heavy (non-hydrogen) atoms. The molecule has 0 fully saturated rings. The van der Waals surface area contributed by atoms with Gasteiger partial charge in [-0.2, -0.15) is 0 Å². The molecular formula is C20H31BrS. The van der Waals surface area contributed by atoms with E-state index >= 15 is 0 Å². The Bertz CT molecular complexity index is 399. The van der Waals surface area contributed by atoms with Crippen LogP contribution in [-0.4, -0.2) is 4.83 Å². The van der Waals surface area contributed by atoms with Crippen molar-refractivity contribution in [1.82, 2.24) is 0 Å². The van der Waals surface area contributed by atoms with Crippen LogP contribution in [0.15, 0.2) is 17.5 Å². The molecule has 0 saturated heterocycles. The van der Waals surface area contributed by atoms with Crippen LogP contribution >= 0.6 is 27.3 Å². The highest BCUT2D eigenvalue weighted by atomic mass is 79.9. The number of hydrogen-bond donors (Lipinski definition) is 0. The van der Waals surface area contributed by atoms with Crippen LogP contribution in [0.4, 0.5) is 0 Å². The van der Waals surface area contributed by atoms with Crippen molar-refractivity contribution >= 4 is 27.3 Å². The minimum atomic E-state index is 0.314. The third-order valence-electron chi connectivity index (χ3n) is 3.87. The SMILES string of the molecule is CCCCCCCCCCCCC#CC(Br)Cc1cccs1. The quantitative estimate of drug-likeness (QED) is 0.201. The molecule has 0 nitrogen and oxygen atoms in total. The van der Waals surface area contributed by atoms with Gasteiger partial charge in [-0.3, -0.25) is 0 Å². The van der Waals surface area contributed by atoms with Gasteiger partial charge in [-0.15, -0.1) is 17.3 Å². The van der Waals surface area contributed by atoms with Gasteiger partial charge in [-0.1, -0.05) is 92.6 Å². The molecule has 2 heteroatoms. The first-order chi connectivity index (χ1) is 10.8. The van der Waals surface area contributed by atoms with Crippen molar-refractivity contribution in [2.45, 2.75) is 88.8 Å². The maximum absolute atomic E-state index is 3.66. The Morgan fingerprint density at radius 3 is 2.23 bits per heavy atom. The van der Waals surface area contributed by atoms with E-state index in [4.69, 9.17) is 0 Å². The summed E-state index contributed by atoms with van der Waals surface area (Å²) >= 11 is 5.48. The second kappa shape index (κ2) is 14.3. The van der Waals surface area contributed by atoms with Gasteiger partial charge in [0.05, 0.1) is 4.83 Å². The summed E-state index contributed by atoms with van der Waals surface area (Å²) in [6.45, 7) is 2.28. The van der Waals surface area contributed by atoms with Gasteiger partial charge in [0, 0.05) is 17.7 Å². The van der Waals surface area contributed by atoms with Crippen LogP contribution in [0, 0.1) is 11.8 Å². The molecule has 0 amide bonds. The van der Waals surface area contributed by atoms with Crippen molar-refractivity contribution in [2.24, 2.45) is 0 Å². The monoisotopic (exact) mass is 382 g/mol. The van der Waals surface area contributed by atoms with E-state index in [0.717, 1.165) is 12.8 Å². The third-order valence-corrected chi connectivity index (χ3v) is 5.33. The van der Waals surface area contributed by atoms with Gasteiger partial charge < -0.3 is 0 Å². The van der Waals surface area contributed by atoms with Crippen molar-refractivity contribution in [3.05, 3.63) is 22.4 Å². The number of thiophene rings is 1. The Morgan fingerprint density at radius 2 is 1.64 bits per heavy atom. The summed E-state index contributed by atoms with van der Waals surface area (Å²) in [6, 6.07) is 4.29. The maximum Gasteiger partial charge on any atom is 0.0802 e. The van der Waals surface area contributed by atoms with E-state index in [1.807, 2.05) is 11.3 Å². The minimum absolute atomic E-state index is 0.314. The zero-order valence-corrected chi connectivity index (χ0v) is 16.5. The molecule has 1 atom stereocenters. The van der Waals surface area contributed by atoms with Crippen molar-refractivity contribution in [1.29, 1.82) is 0 Å². The Balaban J connectivity index is 1.88. The molecular weight excluding hydrogens is 352 g/mol. The van der Waals surface area contributed by atoms with E-state index in [2.05, 4.69) is 52.2 Å². The molecule has 0 bridgehead atoms. The fourth-order valence-corrected chi connectivity index (χ4v) is 4.02. The van der Waals surface area contributed by atoms with Crippen LogP contribution in [-0.2, 0) is 6.42 Å². The van der Waals surface area contributed by atoms with E-state index in [1.54, 1.807) is 0 Å².